The average Bonchev–Trinajstić information content (AvgIpc) is 3.30. The summed E-state index contributed by atoms with van der Waals surface area (Å²) in [5, 5.41) is 1.77. The van der Waals surface area contributed by atoms with Crippen LogP contribution < -0.4 is 9.80 Å². The quantitative estimate of drug-likeness (QED) is 0.494. The molecule has 0 spiro atoms. The van der Waals surface area contributed by atoms with Crippen molar-refractivity contribution in [2.45, 2.75) is 48.3 Å². The monoisotopic (exact) mass is 432 g/mol. The van der Waals surface area contributed by atoms with Gasteiger partial charge in [0.2, 0.25) is 0 Å². The molecule has 1 unspecified atom stereocenters. The molecule has 0 bridgehead atoms. The molecule has 1 atom stereocenters. The van der Waals surface area contributed by atoms with Crippen molar-refractivity contribution in [1.29, 1.82) is 0 Å². The van der Waals surface area contributed by atoms with E-state index in [9.17, 15) is 0 Å². The molecule has 2 heterocycles. The summed E-state index contributed by atoms with van der Waals surface area (Å²) in [7, 11) is 0. The van der Waals surface area contributed by atoms with Crippen LogP contribution in [0.5, 0.6) is 0 Å². The zero-order valence-electron chi connectivity index (χ0n) is 17.7. The van der Waals surface area contributed by atoms with Crippen molar-refractivity contribution in [3.05, 3.63) is 82.9 Å². The number of hydrogen-bond acceptors (Lipinski definition) is 4. The van der Waals surface area contributed by atoms with Crippen LogP contribution >= 0.6 is 23.5 Å². The van der Waals surface area contributed by atoms with Crippen LogP contribution in [-0.2, 0) is 0 Å². The summed E-state index contributed by atoms with van der Waals surface area (Å²) in [5.41, 5.74) is 5.68. The van der Waals surface area contributed by atoms with Crippen LogP contribution in [0.25, 0.3) is 0 Å². The third kappa shape index (κ3) is 3.72. The van der Waals surface area contributed by atoms with E-state index in [1.807, 2.05) is 23.5 Å². The molecular weight excluding hydrogens is 404 g/mol. The largest absolute Gasteiger partial charge is 0.355 e. The Morgan fingerprint density at radius 1 is 0.933 bits per heavy atom. The predicted octanol–water partition coefficient (Wildman–Crippen LogP) is 7.46. The Morgan fingerprint density at radius 3 is 2.50 bits per heavy atom. The fraction of sp³-hybridized carbons (Fsp3) is 0.308. The zero-order valence-corrected chi connectivity index (χ0v) is 19.3. The van der Waals surface area contributed by atoms with E-state index < -0.39 is 0 Å². The molecule has 0 N–H and O–H groups in total. The highest BCUT2D eigenvalue weighted by atomic mass is 32.2. The zero-order chi connectivity index (χ0) is 20.5. The van der Waals surface area contributed by atoms with Gasteiger partial charge in [0.15, 0.2) is 0 Å². The van der Waals surface area contributed by atoms with Gasteiger partial charge < -0.3 is 9.80 Å². The second-order valence-electron chi connectivity index (χ2n) is 7.87. The Labute approximate surface area is 188 Å². The summed E-state index contributed by atoms with van der Waals surface area (Å²) in [4.78, 5) is 7.75. The molecule has 30 heavy (non-hydrogen) atoms. The second kappa shape index (κ2) is 8.60. The Balaban J connectivity index is 1.40. The first kappa shape index (κ1) is 19.9. The molecule has 2 aliphatic heterocycles. The number of para-hydroxylation sites is 2. The number of thioether (sulfide) groups is 2. The van der Waals surface area contributed by atoms with E-state index in [0.717, 1.165) is 13.1 Å². The third-order valence-corrected chi connectivity index (χ3v) is 8.33. The highest BCUT2D eigenvalue weighted by Crippen LogP contribution is 2.47. The Kier molecular flexibility index (Phi) is 5.70. The summed E-state index contributed by atoms with van der Waals surface area (Å²) in [6.07, 6.45) is 11.0. The fourth-order valence-electron chi connectivity index (χ4n) is 4.55. The Morgan fingerprint density at radius 2 is 1.70 bits per heavy atom. The van der Waals surface area contributed by atoms with E-state index in [2.05, 4.69) is 90.4 Å². The summed E-state index contributed by atoms with van der Waals surface area (Å²) in [5.74, 6) is 0. The molecule has 0 saturated carbocycles. The number of nitrogens with zero attached hydrogens (tertiary/aromatic N) is 2. The number of benzene rings is 2. The lowest BCUT2D eigenvalue weighted by molar-refractivity contribution is 0.786. The van der Waals surface area contributed by atoms with Crippen LogP contribution in [0, 0.1) is 0 Å². The summed E-state index contributed by atoms with van der Waals surface area (Å²) in [6.45, 7) is 6.55. The lowest BCUT2D eigenvalue weighted by atomic mass is 9.94. The van der Waals surface area contributed by atoms with Crippen molar-refractivity contribution in [1.82, 2.24) is 0 Å². The molecule has 2 aromatic rings. The number of likely N-dealkylation sites (N-methyl/N-ethyl adjacent to an activating group) is 1. The summed E-state index contributed by atoms with van der Waals surface area (Å²) >= 11 is 3.89. The molecule has 4 heteroatoms. The van der Waals surface area contributed by atoms with E-state index in [0.29, 0.717) is 5.37 Å². The van der Waals surface area contributed by atoms with E-state index in [-0.39, 0.29) is 0 Å². The van der Waals surface area contributed by atoms with Crippen LogP contribution in [-0.4, -0.2) is 18.5 Å². The summed E-state index contributed by atoms with van der Waals surface area (Å²) < 4.78 is 0. The van der Waals surface area contributed by atoms with E-state index in [1.165, 1.54) is 56.6 Å². The molecule has 0 radical (unpaired) electrons. The van der Waals surface area contributed by atoms with Gasteiger partial charge in [0, 0.05) is 22.9 Å². The number of anilines is 2. The van der Waals surface area contributed by atoms with Crippen molar-refractivity contribution in [3.63, 3.8) is 0 Å². The van der Waals surface area contributed by atoms with Gasteiger partial charge in [0.25, 0.3) is 0 Å². The normalized spacial score (nSPS) is 23.1. The van der Waals surface area contributed by atoms with Gasteiger partial charge in [-0.2, -0.15) is 0 Å². The molecular formula is C26H28N2S2. The van der Waals surface area contributed by atoms with Crippen LogP contribution in [0.15, 0.2) is 92.7 Å². The molecule has 5 rings (SSSR count). The Hall–Kier alpha value is -2.04. The topological polar surface area (TPSA) is 6.48 Å². The maximum atomic E-state index is 2.52. The maximum Gasteiger partial charge on any atom is 0.0988 e. The smallest absolute Gasteiger partial charge is 0.0988 e. The van der Waals surface area contributed by atoms with Crippen molar-refractivity contribution < 1.29 is 0 Å². The first-order chi connectivity index (χ1) is 14.8. The van der Waals surface area contributed by atoms with Gasteiger partial charge in [-0.3, -0.25) is 0 Å². The number of hydrogen-bond donors (Lipinski definition) is 0. The molecule has 2 nitrogen and oxygen atoms in total. The highest BCUT2D eigenvalue weighted by molar-refractivity contribution is 8.03. The lowest BCUT2D eigenvalue weighted by Gasteiger charge is -2.24. The van der Waals surface area contributed by atoms with Crippen molar-refractivity contribution in [2.75, 3.05) is 22.9 Å². The van der Waals surface area contributed by atoms with Gasteiger partial charge >= 0.3 is 0 Å². The minimum absolute atomic E-state index is 0.405. The second-order valence-corrected chi connectivity index (χ2v) is 10.1. The van der Waals surface area contributed by atoms with Crippen molar-refractivity contribution in [3.8, 4) is 0 Å². The van der Waals surface area contributed by atoms with Crippen LogP contribution in [0.2, 0.25) is 0 Å². The van der Waals surface area contributed by atoms with Gasteiger partial charge in [0.05, 0.1) is 21.8 Å². The van der Waals surface area contributed by atoms with Crippen molar-refractivity contribution in [2.24, 2.45) is 0 Å². The predicted molar refractivity (Wildman–Crippen MR) is 133 cm³/mol. The minimum atomic E-state index is 0.405. The SMILES string of the molecule is CCN1C(=CC2=CC(=CC3Sc4ccccc4N3CC)CCC2)Sc2ccccc21. The summed E-state index contributed by atoms with van der Waals surface area (Å²) in [6, 6.07) is 17.6. The number of allylic oxidation sites excluding steroid dienone is 4. The molecule has 2 aromatic carbocycles. The molecule has 0 aromatic heterocycles. The molecule has 0 saturated heterocycles. The fourth-order valence-corrected chi connectivity index (χ4v) is 7.11. The van der Waals surface area contributed by atoms with Gasteiger partial charge in [-0.15, -0.1) is 0 Å². The third-order valence-electron chi connectivity index (χ3n) is 5.99. The molecule has 3 aliphatic rings. The van der Waals surface area contributed by atoms with Crippen molar-refractivity contribution >= 4 is 34.9 Å². The molecule has 154 valence electrons. The van der Waals surface area contributed by atoms with Crippen LogP contribution in [0.1, 0.15) is 33.1 Å². The number of fused-ring (bicyclic) bond motifs is 2. The molecule has 0 fully saturated rings. The van der Waals surface area contributed by atoms with Gasteiger partial charge in [-0.1, -0.05) is 53.9 Å². The molecule has 0 amide bonds. The van der Waals surface area contributed by atoms with E-state index >= 15 is 0 Å². The number of rotatable bonds is 4. The van der Waals surface area contributed by atoms with Gasteiger partial charge in [-0.25, -0.2) is 0 Å². The lowest BCUT2D eigenvalue weighted by Crippen LogP contribution is -2.27. The van der Waals surface area contributed by atoms with Gasteiger partial charge in [0.1, 0.15) is 0 Å². The van der Waals surface area contributed by atoms with Gasteiger partial charge in [-0.05, 0) is 80.7 Å². The molecule has 1 aliphatic carbocycles. The van der Waals surface area contributed by atoms with Crippen LogP contribution in [0.3, 0.4) is 0 Å². The standard InChI is InChI=1S/C26H28N2S2/c1-3-27-21-12-5-7-14-23(21)29-25(27)17-19-10-9-11-20(16-19)18-26-28(4-2)22-13-6-8-15-24(22)30-26/h5-8,12-18,25H,3-4,9-11H2,1-2H3. The highest BCUT2D eigenvalue weighted by Gasteiger charge is 2.28. The maximum absolute atomic E-state index is 2.52. The minimum Gasteiger partial charge on any atom is -0.355 e. The Bertz CT molecular complexity index is 1040. The van der Waals surface area contributed by atoms with Crippen LogP contribution in [0.4, 0.5) is 11.4 Å². The average molecular weight is 433 g/mol. The van der Waals surface area contributed by atoms with E-state index in [4.69, 9.17) is 0 Å². The first-order valence-corrected chi connectivity index (χ1v) is 12.7. The first-order valence-electron chi connectivity index (χ1n) is 11.0. The van der Waals surface area contributed by atoms with E-state index in [1.54, 1.807) is 0 Å².